The van der Waals surface area contributed by atoms with Crippen LogP contribution in [-0.4, -0.2) is 23.0 Å². The molecule has 0 bridgehead atoms. The van der Waals surface area contributed by atoms with Gasteiger partial charge in [-0.2, -0.15) is 0 Å². The van der Waals surface area contributed by atoms with Crippen molar-refractivity contribution in [3.63, 3.8) is 0 Å². The van der Waals surface area contributed by atoms with Crippen molar-refractivity contribution in [3.05, 3.63) is 66.4 Å². The lowest BCUT2D eigenvalue weighted by molar-refractivity contribution is 0.595. The number of nitrogens with two attached hydrogens (primary N) is 1. The van der Waals surface area contributed by atoms with E-state index in [1.807, 2.05) is 42.5 Å². The molecule has 0 aliphatic carbocycles. The smallest absolute Gasteiger partial charge is 0.267 e. The molecule has 0 saturated heterocycles. The number of nitrogens with one attached hydrogen (secondary N) is 1. The standard InChI is InChI=1S/C17H15N5O2S2/c18-26(23,24)17-21-22-11-15(20-16(22)25-17)13-6-8-14(9-7-13)19-10-12-4-2-1-3-5-12/h1-9,11,19H,10H2,(H2,18,23,24). The van der Waals surface area contributed by atoms with E-state index in [1.54, 1.807) is 6.20 Å². The van der Waals surface area contributed by atoms with Gasteiger partial charge in [0.25, 0.3) is 10.0 Å². The molecule has 3 N–H and O–H groups in total. The van der Waals surface area contributed by atoms with Gasteiger partial charge in [0.2, 0.25) is 9.30 Å². The van der Waals surface area contributed by atoms with Crippen molar-refractivity contribution >= 4 is 32.0 Å². The Morgan fingerprint density at radius 3 is 2.46 bits per heavy atom. The Hall–Kier alpha value is -2.75. The summed E-state index contributed by atoms with van der Waals surface area (Å²) in [7, 11) is -3.81. The highest BCUT2D eigenvalue weighted by Gasteiger charge is 2.17. The highest BCUT2D eigenvalue weighted by atomic mass is 32.2. The molecule has 4 aromatic rings. The van der Waals surface area contributed by atoms with Crippen molar-refractivity contribution in [1.82, 2.24) is 14.6 Å². The first-order valence-corrected chi connectivity index (χ1v) is 10.1. The van der Waals surface area contributed by atoms with Crippen LogP contribution in [0.15, 0.2) is 65.1 Å². The van der Waals surface area contributed by atoms with Gasteiger partial charge in [0.15, 0.2) is 0 Å². The van der Waals surface area contributed by atoms with E-state index >= 15 is 0 Å². The Labute approximate surface area is 154 Å². The summed E-state index contributed by atoms with van der Waals surface area (Å²) in [6.45, 7) is 0.751. The number of sulfonamides is 1. The number of hydrogen-bond donors (Lipinski definition) is 2. The number of imidazole rings is 1. The van der Waals surface area contributed by atoms with Crippen LogP contribution in [0.3, 0.4) is 0 Å². The third kappa shape index (κ3) is 3.45. The van der Waals surface area contributed by atoms with Crippen LogP contribution in [0.2, 0.25) is 0 Å². The van der Waals surface area contributed by atoms with Crippen LogP contribution in [-0.2, 0) is 16.6 Å². The number of fused-ring (bicyclic) bond motifs is 1. The van der Waals surface area contributed by atoms with Crippen molar-refractivity contribution in [2.45, 2.75) is 10.9 Å². The SMILES string of the molecule is NS(=O)(=O)c1nn2cc(-c3ccc(NCc4ccccc4)cc3)nc2s1. The maximum atomic E-state index is 11.3. The Morgan fingerprint density at radius 2 is 1.81 bits per heavy atom. The summed E-state index contributed by atoms with van der Waals surface area (Å²) in [5.41, 5.74) is 3.86. The summed E-state index contributed by atoms with van der Waals surface area (Å²) in [5, 5.41) is 12.4. The van der Waals surface area contributed by atoms with Crippen LogP contribution >= 0.6 is 11.3 Å². The van der Waals surface area contributed by atoms with E-state index in [4.69, 9.17) is 5.14 Å². The Kier molecular flexibility index (Phi) is 4.19. The van der Waals surface area contributed by atoms with E-state index in [0.29, 0.717) is 4.96 Å². The Balaban J connectivity index is 1.51. The number of rotatable bonds is 5. The first-order chi connectivity index (χ1) is 12.5. The minimum Gasteiger partial charge on any atom is -0.381 e. The van der Waals surface area contributed by atoms with Gasteiger partial charge in [0, 0.05) is 17.8 Å². The lowest BCUT2D eigenvalue weighted by atomic mass is 10.1. The van der Waals surface area contributed by atoms with Crippen LogP contribution in [0.25, 0.3) is 16.2 Å². The Bertz CT molecular complexity index is 1120. The molecule has 4 rings (SSSR count). The lowest BCUT2D eigenvalue weighted by Crippen LogP contribution is -2.12. The predicted octanol–water partition coefficient (Wildman–Crippen LogP) is 2.72. The van der Waals surface area contributed by atoms with E-state index in [2.05, 4.69) is 27.5 Å². The third-order valence-electron chi connectivity index (χ3n) is 3.79. The number of aromatic nitrogens is 3. The van der Waals surface area contributed by atoms with Gasteiger partial charge >= 0.3 is 0 Å². The summed E-state index contributed by atoms with van der Waals surface area (Å²) in [6.07, 6.45) is 1.69. The average molecular weight is 385 g/mol. The lowest BCUT2D eigenvalue weighted by Gasteiger charge is -2.07. The molecule has 0 fully saturated rings. The molecule has 26 heavy (non-hydrogen) atoms. The molecule has 0 atom stereocenters. The molecule has 0 amide bonds. The molecular formula is C17H15N5O2S2. The number of primary sulfonamides is 1. The summed E-state index contributed by atoms with van der Waals surface area (Å²) in [6, 6.07) is 18.0. The van der Waals surface area contributed by atoms with Gasteiger partial charge in [0.05, 0.1) is 11.9 Å². The van der Waals surface area contributed by atoms with Crippen LogP contribution in [0.5, 0.6) is 0 Å². The second-order valence-corrected chi connectivity index (χ2v) is 8.37. The minimum absolute atomic E-state index is 0.146. The fourth-order valence-electron chi connectivity index (χ4n) is 2.49. The molecule has 132 valence electrons. The monoisotopic (exact) mass is 385 g/mol. The normalized spacial score (nSPS) is 11.7. The molecule has 0 radical (unpaired) electrons. The molecule has 2 heterocycles. The molecule has 9 heteroatoms. The molecule has 0 aliphatic heterocycles. The molecule has 0 saturated carbocycles. The number of benzene rings is 2. The molecule has 0 aliphatic rings. The van der Waals surface area contributed by atoms with Crippen LogP contribution < -0.4 is 10.5 Å². The summed E-state index contributed by atoms with van der Waals surface area (Å²) < 4.78 is 24.0. The zero-order valence-corrected chi connectivity index (χ0v) is 15.2. The van der Waals surface area contributed by atoms with Crippen molar-refractivity contribution in [3.8, 4) is 11.3 Å². The van der Waals surface area contributed by atoms with Gasteiger partial charge in [-0.1, -0.05) is 53.8 Å². The highest BCUT2D eigenvalue weighted by Crippen LogP contribution is 2.25. The second kappa shape index (κ2) is 6.52. The molecular weight excluding hydrogens is 370 g/mol. The average Bonchev–Trinajstić information content (AvgIpc) is 3.20. The number of nitrogens with zero attached hydrogens (tertiary/aromatic N) is 3. The van der Waals surface area contributed by atoms with Crippen LogP contribution in [0, 0.1) is 0 Å². The first-order valence-electron chi connectivity index (χ1n) is 7.76. The molecule has 2 aromatic carbocycles. The van der Waals surface area contributed by atoms with E-state index in [9.17, 15) is 8.42 Å². The first kappa shape index (κ1) is 16.7. The summed E-state index contributed by atoms with van der Waals surface area (Å²) in [4.78, 5) is 4.90. The summed E-state index contributed by atoms with van der Waals surface area (Å²) >= 11 is 0.944. The topological polar surface area (TPSA) is 102 Å². The van der Waals surface area contributed by atoms with Gasteiger partial charge in [-0.25, -0.2) is 23.1 Å². The zero-order valence-electron chi connectivity index (χ0n) is 13.5. The minimum atomic E-state index is -3.81. The van der Waals surface area contributed by atoms with Gasteiger partial charge in [-0.3, -0.25) is 0 Å². The maximum absolute atomic E-state index is 11.3. The largest absolute Gasteiger partial charge is 0.381 e. The fourth-order valence-corrected chi connectivity index (χ4v) is 4.00. The van der Waals surface area contributed by atoms with Crippen molar-refractivity contribution in [2.24, 2.45) is 5.14 Å². The molecule has 0 spiro atoms. The molecule has 0 unspecified atom stereocenters. The quantitative estimate of drug-likeness (QED) is 0.550. The fraction of sp³-hybridized carbons (Fsp3) is 0.0588. The maximum Gasteiger partial charge on any atom is 0.267 e. The second-order valence-electron chi connectivity index (χ2n) is 5.68. The van der Waals surface area contributed by atoms with Crippen molar-refractivity contribution < 1.29 is 8.42 Å². The zero-order chi connectivity index (χ0) is 18.1. The van der Waals surface area contributed by atoms with Gasteiger partial charge in [-0.15, -0.1) is 5.10 Å². The predicted molar refractivity (Wildman–Crippen MR) is 101 cm³/mol. The summed E-state index contributed by atoms with van der Waals surface area (Å²) in [5.74, 6) is 0. The number of hydrogen-bond acceptors (Lipinski definition) is 6. The van der Waals surface area contributed by atoms with Crippen molar-refractivity contribution in [1.29, 1.82) is 0 Å². The highest BCUT2D eigenvalue weighted by molar-refractivity contribution is 7.91. The third-order valence-corrected chi connectivity index (χ3v) is 6.02. The Morgan fingerprint density at radius 1 is 1.08 bits per heavy atom. The van der Waals surface area contributed by atoms with Crippen LogP contribution in [0.1, 0.15) is 5.56 Å². The molecule has 2 aromatic heterocycles. The van der Waals surface area contributed by atoms with E-state index in [-0.39, 0.29) is 4.34 Å². The van der Waals surface area contributed by atoms with Crippen molar-refractivity contribution in [2.75, 3.05) is 5.32 Å². The van der Waals surface area contributed by atoms with E-state index in [0.717, 1.165) is 34.8 Å². The van der Waals surface area contributed by atoms with Crippen LogP contribution in [0.4, 0.5) is 5.69 Å². The van der Waals surface area contributed by atoms with E-state index in [1.165, 1.54) is 10.1 Å². The van der Waals surface area contributed by atoms with Gasteiger partial charge < -0.3 is 5.32 Å². The number of anilines is 1. The van der Waals surface area contributed by atoms with Gasteiger partial charge in [0.1, 0.15) is 0 Å². The van der Waals surface area contributed by atoms with Gasteiger partial charge in [-0.05, 0) is 17.7 Å². The molecule has 7 nitrogen and oxygen atoms in total. The van der Waals surface area contributed by atoms with E-state index < -0.39 is 10.0 Å².